The molecule has 0 saturated heterocycles. The van der Waals surface area contributed by atoms with Crippen LogP contribution in [-0.4, -0.2) is 10.1 Å². The number of hydrogen-bond donors (Lipinski definition) is 1. The number of aromatic hydroxyl groups is 1. The van der Waals surface area contributed by atoms with Gasteiger partial charge in [0.25, 0.3) is 0 Å². The summed E-state index contributed by atoms with van der Waals surface area (Å²) in [4.78, 5) is 16.1. The van der Waals surface area contributed by atoms with Crippen molar-refractivity contribution in [3.63, 3.8) is 0 Å². The third-order valence-corrected chi connectivity index (χ3v) is 2.87. The van der Waals surface area contributed by atoms with Gasteiger partial charge >= 0.3 is 5.63 Å². The molecular weight excluding hydrogens is 242 g/mol. The summed E-state index contributed by atoms with van der Waals surface area (Å²) in [5.41, 5.74) is 1.18. The number of para-hydroxylation sites is 1. The molecule has 0 bridgehead atoms. The van der Waals surface area contributed by atoms with Gasteiger partial charge in [0.15, 0.2) is 0 Å². The van der Waals surface area contributed by atoms with Gasteiger partial charge in [0.1, 0.15) is 5.75 Å². The maximum absolute atomic E-state index is 11.8. The maximum Gasteiger partial charge on any atom is 0.346 e. The van der Waals surface area contributed by atoms with Crippen LogP contribution in [0.4, 0.5) is 0 Å². The van der Waals surface area contributed by atoms with Gasteiger partial charge in [0.05, 0.1) is 10.9 Å². The number of hydrogen-bond acceptors (Lipinski definition) is 4. The van der Waals surface area contributed by atoms with Gasteiger partial charge in [-0.2, -0.15) is 0 Å². The van der Waals surface area contributed by atoms with Crippen molar-refractivity contribution in [2.24, 2.45) is 0 Å². The van der Waals surface area contributed by atoms with Crippen molar-refractivity contribution in [1.82, 2.24) is 4.98 Å². The first-order valence-corrected chi connectivity index (χ1v) is 5.89. The monoisotopic (exact) mass is 253 g/mol. The second kappa shape index (κ2) is 4.57. The highest BCUT2D eigenvalue weighted by Crippen LogP contribution is 2.14. The third kappa shape index (κ3) is 2.33. The quantitative estimate of drug-likeness (QED) is 0.762. The van der Waals surface area contributed by atoms with E-state index < -0.39 is 0 Å². The summed E-state index contributed by atoms with van der Waals surface area (Å²) in [7, 11) is 0. The third-order valence-electron chi connectivity index (χ3n) is 2.87. The lowest BCUT2D eigenvalue weighted by Gasteiger charge is -2.02. The summed E-state index contributed by atoms with van der Waals surface area (Å²) in [6.45, 7) is 0. The fourth-order valence-electron chi connectivity index (χ4n) is 1.93. The van der Waals surface area contributed by atoms with Crippen molar-refractivity contribution < 1.29 is 9.52 Å². The number of rotatable bonds is 2. The van der Waals surface area contributed by atoms with E-state index in [1.807, 2.05) is 6.07 Å². The fourth-order valence-corrected chi connectivity index (χ4v) is 1.93. The van der Waals surface area contributed by atoms with Gasteiger partial charge in [-0.05, 0) is 29.8 Å². The van der Waals surface area contributed by atoms with Crippen LogP contribution in [0.25, 0.3) is 10.9 Å². The van der Waals surface area contributed by atoms with Crippen molar-refractivity contribution in [3.8, 4) is 5.75 Å². The molecule has 3 aromatic rings. The van der Waals surface area contributed by atoms with E-state index in [0.29, 0.717) is 23.2 Å². The summed E-state index contributed by atoms with van der Waals surface area (Å²) < 4.78 is 5.20. The first-order chi connectivity index (χ1) is 9.22. The van der Waals surface area contributed by atoms with E-state index in [2.05, 4.69) is 4.98 Å². The highest BCUT2D eigenvalue weighted by atomic mass is 16.4. The molecule has 0 aliphatic heterocycles. The molecule has 1 heterocycles. The summed E-state index contributed by atoms with van der Waals surface area (Å²) in [6, 6.07) is 13.8. The first kappa shape index (κ1) is 11.5. The Morgan fingerprint density at radius 2 is 1.79 bits per heavy atom. The lowest BCUT2D eigenvalue weighted by molar-refractivity contribution is 0.453. The highest BCUT2D eigenvalue weighted by Gasteiger charge is 2.06. The first-order valence-electron chi connectivity index (χ1n) is 5.89. The predicted octanol–water partition coefficient (Wildman–Crippen LogP) is 2.48. The molecule has 0 atom stereocenters. The summed E-state index contributed by atoms with van der Waals surface area (Å²) in [6.07, 6.45) is 0.417. The van der Waals surface area contributed by atoms with E-state index in [1.165, 1.54) is 0 Å². The number of fused-ring (bicyclic) bond motifs is 1. The van der Waals surface area contributed by atoms with E-state index in [0.717, 1.165) is 5.56 Å². The number of aromatic nitrogens is 1. The Labute approximate surface area is 109 Å². The molecule has 94 valence electrons. The Morgan fingerprint density at radius 1 is 1.05 bits per heavy atom. The van der Waals surface area contributed by atoms with Crippen molar-refractivity contribution in [1.29, 1.82) is 0 Å². The van der Waals surface area contributed by atoms with Crippen LogP contribution in [0.5, 0.6) is 5.75 Å². The minimum atomic E-state index is -0.376. The van der Waals surface area contributed by atoms with E-state index in [-0.39, 0.29) is 11.4 Å². The van der Waals surface area contributed by atoms with Crippen LogP contribution >= 0.6 is 0 Å². The van der Waals surface area contributed by atoms with Gasteiger partial charge in [-0.1, -0.05) is 24.3 Å². The molecule has 0 aliphatic rings. The van der Waals surface area contributed by atoms with Crippen LogP contribution in [0.15, 0.2) is 57.7 Å². The standard InChI is InChI=1S/C15H11NO3/c17-11-7-5-10(6-8-11)9-14-16-13-4-2-1-3-12(13)15(18)19-14/h1-8,17H,9H2. The summed E-state index contributed by atoms with van der Waals surface area (Å²) in [5, 5.41) is 9.70. The summed E-state index contributed by atoms with van der Waals surface area (Å²) >= 11 is 0. The molecule has 0 radical (unpaired) electrons. The van der Waals surface area contributed by atoms with Crippen molar-refractivity contribution >= 4 is 10.9 Å². The van der Waals surface area contributed by atoms with Crippen LogP contribution in [-0.2, 0) is 6.42 Å². The molecule has 0 unspecified atom stereocenters. The molecule has 0 aliphatic carbocycles. The van der Waals surface area contributed by atoms with Gasteiger partial charge in [-0.3, -0.25) is 0 Å². The Kier molecular flexibility index (Phi) is 2.76. The van der Waals surface area contributed by atoms with Crippen LogP contribution < -0.4 is 5.63 Å². The predicted molar refractivity (Wildman–Crippen MR) is 71.2 cm³/mol. The van der Waals surface area contributed by atoms with Crippen molar-refractivity contribution in [2.75, 3.05) is 0 Å². The average molecular weight is 253 g/mol. The largest absolute Gasteiger partial charge is 0.508 e. The minimum absolute atomic E-state index is 0.205. The molecule has 1 N–H and O–H groups in total. The second-order valence-corrected chi connectivity index (χ2v) is 4.26. The van der Waals surface area contributed by atoms with E-state index in [4.69, 9.17) is 4.42 Å². The van der Waals surface area contributed by atoms with E-state index >= 15 is 0 Å². The normalized spacial score (nSPS) is 10.7. The number of phenolic OH excluding ortho intramolecular Hbond substituents is 1. The Hall–Kier alpha value is -2.62. The molecule has 1 aromatic heterocycles. The average Bonchev–Trinajstić information content (AvgIpc) is 2.42. The van der Waals surface area contributed by atoms with Gasteiger partial charge in [-0.25, -0.2) is 9.78 Å². The number of nitrogens with zero attached hydrogens (tertiary/aromatic N) is 1. The molecule has 2 aromatic carbocycles. The van der Waals surface area contributed by atoms with Crippen LogP contribution in [0.2, 0.25) is 0 Å². The molecule has 4 nitrogen and oxygen atoms in total. The molecule has 0 amide bonds. The van der Waals surface area contributed by atoms with Gasteiger partial charge in [0, 0.05) is 6.42 Å². The zero-order chi connectivity index (χ0) is 13.2. The topological polar surface area (TPSA) is 63.3 Å². The van der Waals surface area contributed by atoms with Crippen molar-refractivity contribution in [3.05, 3.63) is 70.4 Å². The molecule has 0 saturated carbocycles. The van der Waals surface area contributed by atoms with Crippen LogP contribution in [0, 0.1) is 0 Å². The van der Waals surface area contributed by atoms with E-state index in [1.54, 1.807) is 42.5 Å². The molecular formula is C15H11NO3. The lowest BCUT2D eigenvalue weighted by atomic mass is 10.1. The van der Waals surface area contributed by atoms with Crippen LogP contribution in [0.1, 0.15) is 11.5 Å². The highest BCUT2D eigenvalue weighted by molar-refractivity contribution is 5.76. The molecule has 19 heavy (non-hydrogen) atoms. The zero-order valence-electron chi connectivity index (χ0n) is 10.0. The minimum Gasteiger partial charge on any atom is -0.508 e. The van der Waals surface area contributed by atoms with Gasteiger partial charge in [0.2, 0.25) is 5.89 Å². The lowest BCUT2D eigenvalue weighted by Crippen LogP contribution is -2.05. The zero-order valence-corrected chi connectivity index (χ0v) is 10.0. The SMILES string of the molecule is O=c1oc(Cc2ccc(O)cc2)nc2ccccc12. The Morgan fingerprint density at radius 3 is 2.58 bits per heavy atom. The molecule has 4 heteroatoms. The fraction of sp³-hybridized carbons (Fsp3) is 0.0667. The molecule has 0 fully saturated rings. The molecule has 3 rings (SSSR count). The summed E-state index contributed by atoms with van der Waals surface area (Å²) in [5.74, 6) is 0.575. The number of benzene rings is 2. The van der Waals surface area contributed by atoms with E-state index in [9.17, 15) is 9.90 Å². The maximum atomic E-state index is 11.8. The van der Waals surface area contributed by atoms with Crippen molar-refractivity contribution in [2.45, 2.75) is 6.42 Å². The van der Waals surface area contributed by atoms with Crippen LogP contribution in [0.3, 0.4) is 0 Å². The smallest absolute Gasteiger partial charge is 0.346 e. The second-order valence-electron chi connectivity index (χ2n) is 4.26. The molecule has 0 spiro atoms. The number of phenols is 1. The van der Waals surface area contributed by atoms with Gasteiger partial charge in [-0.15, -0.1) is 0 Å². The Balaban J connectivity index is 2.01. The van der Waals surface area contributed by atoms with Gasteiger partial charge < -0.3 is 9.52 Å². The Bertz CT molecular complexity index is 775.